The van der Waals surface area contributed by atoms with Crippen LogP contribution in [0.3, 0.4) is 0 Å². The van der Waals surface area contributed by atoms with Crippen molar-refractivity contribution in [3.8, 4) is 0 Å². The first-order valence-electron chi connectivity index (χ1n) is 9.51. The molecule has 1 unspecified atom stereocenters. The molecule has 0 aromatic carbocycles. The van der Waals surface area contributed by atoms with Crippen LogP contribution < -0.4 is 5.32 Å². The molecule has 148 valence electrons. The molecule has 4 heterocycles. The number of nitrogens with one attached hydrogen (secondary N) is 1. The van der Waals surface area contributed by atoms with Gasteiger partial charge >= 0.3 is 0 Å². The maximum Gasteiger partial charge on any atom is 0.262 e. The second-order valence-corrected chi connectivity index (χ2v) is 8.45. The maximum absolute atomic E-state index is 12.9. The van der Waals surface area contributed by atoms with Crippen molar-refractivity contribution in [1.82, 2.24) is 25.0 Å². The van der Waals surface area contributed by atoms with Crippen LogP contribution >= 0.6 is 11.3 Å². The van der Waals surface area contributed by atoms with Gasteiger partial charge in [-0.25, -0.2) is 4.98 Å². The molecular formula is C20H25N5O2S. The number of carbonyl (C=O) groups excluding carboxylic acids is 1. The Balaban J connectivity index is 1.64. The molecule has 1 fully saturated rings. The van der Waals surface area contributed by atoms with E-state index in [1.54, 1.807) is 6.20 Å². The van der Waals surface area contributed by atoms with Gasteiger partial charge in [0.05, 0.1) is 18.9 Å². The van der Waals surface area contributed by atoms with Crippen LogP contribution in [-0.4, -0.2) is 51.3 Å². The van der Waals surface area contributed by atoms with Crippen LogP contribution in [0.25, 0.3) is 10.2 Å². The number of nitrogens with zero attached hydrogens (tertiary/aromatic N) is 4. The van der Waals surface area contributed by atoms with Crippen molar-refractivity contribution in [2.45, 2.75) is 32.5 Å². The van der Waals surface area contributed by atoms with Crippen molar-refractivity contribution in [2.75, 3.05) is 19.7 Å². The van der Waals surface area contributed by atoms with E-state index in [1.807, 2.05) is 50.1 Å². The summed E-state index contributed by atoms with van der Waals surface area (Å²) in [6, 6.07) is 4.02. The number of fused-ring (bicyclic) bond motifs is 1. The van der Waals surface area contributed by atoms with E-state index in [0.717, 1.165) is 35.4 Å². The van der Waals surface area contributed by atoms with Gasteiger partial charge < -0.3 is 10.1 Å². The molecule has 0 saturated carbocycles. The Kier molecular flexibility index (Phi) is 5.43. The Labute approximate surface area is 168 Å². The minimum Gasteiger partial charge on any atom is -0.371 e. The summed E-state index contributed by atoms with van der Waals surface area (Å²) >= 11 is 1.44. The standard InChI is InChI=1S/C20H25N5O2S/c1-13(2)23-19(26)18-17(15-5-4-6-21-20(15)28-18)16-12-25(7-8-27-16)11-14-9-22-24(3)10-14/h4-6,9-10,13,16H,7-8,11-12H2,1-3H3,(H,23,26). The second kappa shape index (κ2) is 7.98. The first-order chi connectivity index (χ1) is 13.5. The molecule has 1 aliphatic rings. The van der Waals surface area contributed by atoms with Crippen LogP contribution in [0.4, 0.5) is 0 Å². The van der Waals surface area contributed by atoms with E-state index in [1.165, 1.54) is 16.9 Å². The average Bonchev–Trinajstić information content (AvgIpc) is 3.24. The van der Waals surface area contributed by atoms with Gasteiger partial charge in [-0.1, -0.05) is 6.07 Å². The topological polar surface area (TPSA) is 72.3 Å². The molecule has 0 spiro atoms. The highest BCUT2D eigenvalue weighted by Crippen LogP contribution is 2.37. The summed E-state index contributed by atoms with van der Waals surface area (Å²) in [5, 5.41) is 8.28. The maximum atomic E-state index is 12.9. The van der Waals surface area contributed by atoms with E-state index in [9.17, 15) is 4.79 Å². The van der Waals surface area contributed by atoms with E-state index in [2.05, 4.69) is 20.3 Å². The van der Waals surface area contributed by atoms with Gasteiger partial charge in [0, 0.05) is 61.6 Å². The molecule has 4 rings (SSSR count). The summed E-state index contributed by atoms with van der Waals surface area (Å²) < 4.78 is 7.95. The van der Waals surface area contributed by atoms with E-state index in [4.69, 9.17) is 4.74 Å². The number of aryl methyl sites for hydroxylation is 1. The van der Waals surface area contributed by atoms with Gasteiger partial charge in [0.25, 0.3) is 5.91 Å². The minimum atomic E-state index is -0.156. The number of pyridine rings is 1. The van der Waals surface area contributed by atoms with Crippen LogP contribution in [0.5, 0.6) is 0 Å². The lowest BCUT2D eigenvalue weighted by molar-refractivity contribution is -0.0323. The van der Waals surface area contributed by atoms with E-state index >= 15 is 0 Å². The van der Waals surface area contributed by atoms with Crippen LogP contribution in [0.2, 0.25) is 0 Å². The third kappa shape index (κ3) is 3.94. The zero-order valence-electron chi connectivity index (χ0n) is 16.4. The fraction of sp³-hybridized carbons (Fsp3) is 0.450. The van der Waals surface area contributed by atoms with Crippen LogP contribution in [0, 0.1) is 0 Å². The molecular weight excluding hydrogens is 374 g/mol. The quantitative estimate of drug-likeness (QED) is 0.714. The van der Waals surface area contributed by atoms with Crippen LogP contribution in [-0.2, 0) is 18.3 Å². The molecule has 28 heavy (non-hydrogen) atoms. The molecule has 3 aromatic rings. The summed E-state index contributed by atoms with van der Waals surface area (Å²) in [7, 11) is 1.93. The lowest BCUT2D eigenvalue weighted by atomic mass is 10.0. The molecule has 3 aromatic heterocycles. The molecule has 1 saturated heterocycles. The van der Waals surface area contributed by atoms with Crippen molar-refractivity contribution in [3.63, 3.8) is 0 Å². The third-order valence-corrected chi connectivity index (χ3v) is 5.90. The Morgan fingerprint density at radius 2 is 2.32 bits per heavy atom. The second-order valence-electron chi connectivity index (χ2n) is 7.45. The van der Waals surface area contributed by atoms with Gasteiger partial charge in [0.15, 0.2) is 0 Å². The fourth-order valence-corrected chi connectivity index (χ4v) is 4.70. The normalized spacial score (nSPS) is 18.1. The van der Waals surface area contributed by atoms with Gasteiger partial charge in [-0.05, 0) is 19.9 Å². The molecule has 0 radical (unpaired) electrons. The molecule has 0 aliphatic carbocycles. The van der Waals surface area contributed by atoms with Gasteiger partial charge in [0.1, 0.15) is 9.71 Å². The SMILES string of the molecule is CC(C)NC(=O)c1sc2ncccc2c1C1CN(Cc2cnn(C)c2)CCO1. The number of amides is 1. The van der Waals surface area contributed by atoms with E-state index in [0.29, 0.717) is 11.5 Å². The van der Waals surface area contributed by atoms with Crippen molar-refractivity contribution in [2.24, 2.45) is 7.05 Å². The lowest BCUT2D eigenvalue weighted by Gasteiger charge is -2.33. The summed E-state index contributed by atoms with van der Waals surface area (Å²) in [6.07, 6.45) is 5.55. The predicted octanol–water partition coefficient (Wildman–Crippen LogP) is 2.74. The highest BCUT2D eigenvalue weighted by Gasteiger charge is 2.30. The molecule has 1 atom stereocenters. The zero-order chi connectivity index (χ0) is 19.7. The molecule has 8 heteroatoms. The number of hydrogen-bond acceptors (Lipinski definition) is 6. The van der Waals surface area contributed by atoms with Gasteiger partial charge in [0.2, 0.25) is 0 Å². The Hall–Kier alpha value is -2.29. The Bertz CT molecular complexity index is 980. The number of ether oxygens (including phenoxy) is 1. The average molecular weight is 400 g/mol. The van der Waals surface area contributed by atoms with Gasteiger partial charge in [-0.2, -0.15) is 5.10 Å². The molecule has 7 nitrogen and oxygen atoms in total. The summed E-state index contributed by atoms with van der Waals surface area (Å²) in [5.74, 6) is -0.0546. The van der Waals surface area contributed by atoms with Crippen LogP contribution in [0.15, 0.2) is 30.7 Å². The first kappa shape index (κ1) is 19.0. The van der Waals surface area contributed by atoms with Crippen molar-refractivity contribution in [1.29, 1.82) is 0 Å². The number of aromatic nitrogens is 3. The van der Waals surface area contributed by atoms with Gasteiger partial charge in [-0.15, -0.1) is 11.3 Å². The summed E-state index contributed by atoms with van der Waals surface area (Å²) in [4.78, 5) is 21.3. The van der Waals surface area contributed by atoms with Crippen molar-refractivity contribution in [3.05, 3.63) is 46.7 Å². The Morgan fingerprint density at radius 1 is 1.46 bits per heavy atom. The number of rotatable bonds is 5. The zero-order valence-corrected chi connectivity index (χ0v) is 17.2. The van der Waals surface area contributed by atoms with Gasteiger partial charge in [-0.3, -0.25) is 14.4 Å². The highest BCUT2D eigenvalue weighted by molar-refractivity contribution is 7.20. The van der Waals surface area contributed by atoms with Crippen LogP contribution in [0.1, 0.15) is 40.8 Å². The summed E-state index contributed by atoms with van der Waals surface area (Å²) in [6.45, 7) is 6.98. The highest BCUT2D eigenvalue weighted by atomic mass is 32.1. The fourth-order valence-electron chi connectivity index (χ4n) is 3.60. The molecule has 0 bridgehead atoms. The molecule has 1 N–H and O–H groups in total. The van der Waals surface area contributed by atoms with Crippen molar-refractivity contribution < 1.29 is 9.53 Å². The minimum absolute atomic E-state index is 0.0546. The number of thiophene rings is 1. The third-order valence-electron chi connectivity index (χ3n) is 4.77. The van der Waals surface area contributed by atoms with E-state index < -0.39 is 0 Å². The molecule has 1 amide bonds. The Morgan fingerprint density at radius 3 is 3.07 bits per heavy atom. The lowest BCUT2D eigenvalue weighted by Crippen LogP contribution is -2.38. The smallest absolute Gasteiger partial charge is 0.262 e. The first-order valence-corrected chi connectivity index (χ1v) is 10.3. The number of morpholine rings is 1. The van der Waals surface area contributed by atoms with Crippen molar-refractivity contribution >= 4 is 27.5 Å². The largest absolute Gasteiger partial charge is 0.371 e. The predicted molar refractivity (Wildman–Crippen MR) is 109 cm³/mol. The number of hydrogen-bond donors (Lipinski definition) is 1. The molecule has 1 aliphatic heterocycles. The monoisotopic (exact) mass is 399 g/mol. The van der Waals surface area contributed by atoms with E-state index in [-0.39, 0.29) is 18.1 Å². The number of carbonyl (C=O) groups is 1. The summed E-state index contributed by atoms with van der Waals surface area (Å²) in [5.41, 5.74) is 2.14.